The van der Waals surface area contributed by atoms with Crippen LogP contribution in [0.2, 0.25) is 0 Å². The van der Waals surface area contributed by atoms with Crippen molar-refractivity contribution in [2.24, 2.45) is 11.8 Å². The van der Waals surface area contributed by atoms with Gasteiger partial charge in [-0.3, -0.25) is 9.59 Å². The number of hydrogen-bond donors (Lipinski definition) is 1. The monoisotopic (exact) mass is 326 g/mol. The van der Waals surface area contributed by atoms with Crippen molar-refractivity contribution in [2.75, 3.05) is 19.3 Å². The molecule has 0 spiro atoms. The minimum atomic E-state index is 0.0519. The summed E-state index contributed by atoms with van der Waals surface area (Å²) in [6.45, 7) is 5.33. The maximum atomic E-state index is 12.5. The van der Waals surface area contributed by atoms with Crippen molar-refractivity contribution < 1.29 is 9.59 Å². The van der Waals surface area contributed by atoms with Crippen LogP contribution in [0.5, 0.6) is 0 Å². The third-order valence-corrected chi connectivity index (χ3v) is 6.07. The molecule has 0 aromatic rings. The van der Waals surface area contributed by atoms with E-state index in [0.29, 0.717) is 11.3 Å². The normalized spacial score (nSPS) is 27.0. The largest absolute Gasteiger partial charge is 0.353 e. The average molecular weight is 327 g/mol. The molecule has 1 saturated carbocycles. The molecule has 2 fully saturated rings. The summed E-state index contributed by atoms with van der Waals surface area (Å²) in [4.78, 5) is 26.3. The number of amides is 2. The standard InChI is InChI=1S/C17H30N2O2S/c1-12(2)17(21)19-9-7-13(8-10-19)16(20)18-14-5-4-6-15(11-14)22-3/h12-15H,4-11H2,1-3H3,(H,18,20)/t14-,15-/m1/s1. The van der Waals surface area contributed by atoms with Crippen LogP contribution in [0.25, 0.3) is 0 Å². The van der Waals surface area contributed by atoms with Gasteiger partial charge in [0.1, 0.15) is 0 Å². The van der Waals surface area contributed by atoms with Gasteiger partial charge in [-0.05, 0) is 38.4 Å². The van der Waals surface area contributed by atoms with E-state index in [-0.39, 0.29) is 23.7 Å². The third-order valence-electron chi connectivity index (χ3n) is 4.98. The Hall–Kier alpha value is -0.710. The fraction of sp³-hybridized carbons (Fsp3) is 0.882. The fourth-order valence-electron chi connectivity index (χ4n) is 3.54. The average Bonchev–Trinajstić information content (AvgIpc) is 2.54. The van der Waals surface area contributed by atoms with E-state index >= 15 is 0 Å². The minimum Gasteiger partial charge on any atom is -0.353 e. The molecule has 1 heterocycles. The highest BCUT2D eigenvalue weighted by Gasteiger charge is 2.30. The topological polar surface area (TPSA) is 49.4 Å². The van der Waals surface area contributed by atoms with Gasteiger partial charge in [0.15, 0.2) is 0 Å². The fourth-order valence-corrected chi connectivity index (χ4v) is 4.36. The molecule has 1 saturated heterocycles. The SMILES string of the molecule is CS[C@@H]1CCC[C@@H](NC(=O)C2CCN(C(=O)C(C)C)CC2)C1. The molecule has 2 atom stereocenters. The zero-order valence-electron chi connectivity index (χ0n) is 14.1. The summed E-state index contributed by atoms with van der Waals surface area (Å²) in [5.41, 5.74) is 0. The van der Waals surface area contributed by atoms with E-state index in [9.17, 15) is 9.59 Å². The molecule has 0 bridgehead atoms. The smallest absolute Gasteiger partial charge is 0.225 e. The van der Waals surface area contributed by atoms with Crippen molar-refractivity contribution in [3.05, 3.63) is 0 Å². The summed E-state index contributed by atoms with van der Waals surface area (Å²) in [5, 5.41) is 3.96. The summed E-state index contributed by atoms with van der Waals surface area (Å²) < 4.78 is 0. The van der Waals surface area contributed by atoms with Gasteiger partial charge in [-0.15, -0.1) is 0 Å². The van der Waals surface area contributed by atoms with Crippen molar-refractivity contribution in [3.63, 3.8) is 0 Å². The number of hydrogen-bond acceptors (Lipinski definition) is 3. The quantitative estimate of drug-likeness (QED) is 0.864. The summed E-state index contributed by atoms with van der Waals surface area (Å²) in [6, 6.07) is 0.356. The molecular formula is C17H30N2O2S. The van der Waals surface area contributed by atoms with E-state index in [4.69, 9.17) is 0 Å². The molecule has 1 aliphatic carbocycles. The summed E-state index contributed by atoms with van der Waals surface area (Å²) >= 11 is 1.92. The molecule has 0 aromatic heterocycles. The number of carbonyl (C=O) groups excluding carboxylic acids is 2. The molecule has 126 valence electrons. The van der Waals surface area contributed by atoms with E-state index in [1.54, 1.807) is 0 Å². The van der Waals surface area contributed by atoms with Gasteiger partial charge in [0.05, 0.1) is 0 Å². The number of thioether (sulfide) groups is 1. The Labute approximate surface area is 138 Å². The van der Waals surface area contributed by atoms with Crippen molar-refractivity contribution in [1.82, 2.24) is 10.2 Å². The lowest BCUT2D eigenvalue weighted by Gasteiger charge is -2.34. The van der Waals surface area contributed by atoms with E-state index in [0.717, 1.165) is 38.8 Å². The number of likely N-dealkylation sites (tertiary alicyclic amines) is 1. The highest BCUT2D eigenvalue weighted by Crippen LogP contribution is 2.27. The van der Waals surface area contributed by atoms with E-state index in [1.165, 1.54) is 12.8 Å². The van der Waals surface area contributed by atoms with Gasteiger partial charge in [-0.2, -0.15) is 11.8 Å². The van der Waals surface area contributed by atoms with Gasteiger partial charge in [-0.1, -0.05) is 20.3 Å². The molecule has 2 rings (SSSR count). The zero-order valence-corrected chi connectivity index (χ0v) is 15.0. The van der Waals surface area contributed by atoms with Crippen LogP contribution >= 0.6 is 11.8 Å². The molecule has 4 nitrogen and oxygen atoms in total. The molecule has 5 heteroatoms. The summed E-state index contributed by atoms with van der Waals surface area (Å²) in [6.07, 6.45) is 8.51. The zero-order chi connectivity index (χ0) is 16.1. The van der Waals surface area contributed by atoms with Crippen molar-refractivity contribution in [3.8, 4) is 0 Å². The maximum absolute atomic E-state index is 12.5. The van der Waals surface area contributed by atoms with Gasteiger partial charge in [0.2, 0.25) is 11.8 Å². The van der Waals surface area contributed by atoms with Crippen molar-refractivity contribution in [2.45, 2.75) is 63.7 Å². The van der Waals surface area contributed by atoms with Gasteiger partial charge in [0.25, 0.3) is 0 Å². The van der Waals surface area contributed by atoms with Gasteiger partial charge < -0.3 is 10.2 Å². The summed E-state index contributed by atoms with van der Waals surface area (Å²) in [5.74, 6) is 0.569. The number of nitrogens with zero attached hydrogens (tertiary/aromatic N) is 1. The molecule has 2 aliphatic rings. The van der Waals surface area contributed by atoms with Crippen LogP contribution in [-0.4, -0.2) is 47.4 Å². The highest BCUT2D eigenvalue weighted by molar-refractivity contribution is 7.99. The van der Waals surface area contributed by atoms with Crippen molar-refractivity contribution in [1.29, 1.82) is 0 Å². The predicted octanol–water partition coefficient (Wildman–Crippen LogP) is 2.67. The molecule has 1 N–H and O–H groups in total. The van der Waals surface area contributed by atoms with Crippen LogP contribution < -0.4 is 5.32 Å². The number of nitrogens with one attached hydrogen (secondary N) is 1. The molecule has 1 aliphatic heterocycles. The van der Waals surface area contributed by atoms with Crippen LogP contribution in [0.3, 0.4) is 0 Å². The summed E-state index contributed by atoms with van der Waals surface area (Å²) in [7, 11) is 0. The number of rotatable bonds is 4. The first-order valence-corrected chi connectivity index (χ1v) is 9.92. The Morgan fingerprint density at radius 3 is 2.41 bits per heavy atom. The van der Waals surface area contributed by atoms with Crippen molar-refractivity contribution >= 4 is 23.6 Å². The van der Waals surface area contributed by atoms with Crippen LogP contribution in [-0.2, 0) is 9.59 Å². The van der Waals surface area contributed by atoms with Crippen LogP contribution in [0.4, 0.5) is 0 Å². The molecule has 0 aromatic carbocycles. The minimum absolute atomic E-state index is 0.0519. The first kappa shape index (κ1) is 17.6. The lowest BCUT2D eigenvalue weighted by molar-refractivity contribution is -0.138. The Kier molecular flexibility index (Phi) is 6.60. The van der Waals surface area contributed by atoms with E-state index < -0.39 is 0 Å². The second-order valence-electron chi connectivity index (χ2n) is 6.98. The Bertz CT molecular complexity index is 392. The maximum Gasteiger partial charge on any atom is 0.225 e. The molecular weight excluding hydrogens is 296 g/mol. The molecule has 0 unspecified atom stereocenters. The molecule has 2 amide bonds. The first-order valence-electron chi connectivity index (χ1n) is 8.63. The third kappa shape index (κ3) is 4.64. The Morgan fingerprint density at radius 1 is 1.14 bits per heavy atom. The number of carbonyl (C=O) groups is 2. The second-order valence-corrected chi connectivity index (χ2v) is 8.12. The lowest BCUT2D eigenvalue weighted by atomic mass is 9.92. The van der Waals surface area contributed by atoms with Gasteiger partial charge >= 0.3 is 0 Å². The van der Waals surface area contributed by atoms with Crippen LogP contribution in [0, 0.1) is 11.8 Å². The van der Waals surface area contributed by atoms with Crippen LogP contribution in [0.1, 0.15) is 52.4 Å². The first-order chi connectivity index (χ1) is 10.5. The second kappa shape index (κ2) is 8.23. The van der Waals surface area contributed by atoms with Gasteiger partial charge in [-0.25, -0.2) is 0 Å². The lowest BCUT2D eigenvalue weighted by Crippen LogP contribution is -2.47. The van der Waals surface area contributed by atoms with Gasteiger partial charge in [0, 0.05) is 36.2 Å². The Balaban J connectivity index is 1.76. The molecule has 22 heavy (non-hydrogen) atoms. The number of piperidine rings is 1. The Morgan fingerprint density at radius 2 is 1.82 bits per heavy atom. The predicted molar refractivity (Wildman–Crippen MR) is 91.8 cm³/mol. The molecule has 0 radical (unpaired) electrons. The van der Waals surface area contributed by atoms with E-state index in [1.807, 2.05) is 30.5 Å². The highest BCUT2D eigenvalue weighted by atomic mass is 32.2. The van der Waals surface area contributed by atoms with Crippen LogP contribution in [0.15, 0.2) is 0 Å². The van der Waals surface area contributed by atoms with E-state index in [2.05, 4.69) is 11.6 Å².